The first-order valence-corrected chi connectivity index (χ1v) is 11.3. The molecule has 11 heteroatoms. The van der Waals surface area contributed by atoms with Gasteiger partial charge in [-0.05, 0) is 51.2 Å². The number of hydrogen-bond donors (Lipinski definition) is 3. The molecule has 1 spiro atoms. The number of hydrogen-bond acceptors (Lipinski definition) is 8. The molecule has 3 N–H and O–H groups in total. The van der Waals surface area contributed by atoms with Crippen LogP contribution >= 0.6 is 0 Å². The molecule has 1 fully saturated rings. The van der Waals surface area contributed by atoms with Crippen LogP contribution in [0, 0.1) is 6.92 Å². The van der Waals surface area contributed by atoms with Crippen LogP contribution in [0.15, 0.2) is 23.5 Å². The maximum absolute atomic E-state index is 13.6. The van der Waals surface area contributed by atoms with Crippen molar-refractivity contribution < 1.29 is 14.6 Å². The Morgan fingerprint density at radius 1 is 1.24 bits per heavy atom. The number of nitrogens with zero attached hydrogens (tertiary/aromatic N) is 5. The first-order valence-electron chi connectivity index (χ1n) is 11.3. The van der Waals surface area contributed by atoms with Crippen LogP contribution in [0.4, 0.5) is 11.5 Å². The van der Waals surface area contributed by atoms with E-state index in [0.29, 0.717) is 40.5 Å². The standard InChI is InChI=1S/C22H27N7O4/c1-3-33-15(30)10-28-12-25-16-18(23-11-24-19(16)28)26-14-9-13(2)17-20(31)27-22(29(17)21(14)32)7-5-4-6-8-22/h9,11-12,15,30H,3-8,10H2,1-2H3,(H,27,31)(H,23,24,26). The smallest absolute Gasteiger partial charge is 0.276 e. The van der Waals surface area contributed by atoms with Crippen LogP contribution in [0.2, 0.25) is 0 Å². The van der Waals surface area contributed by atoms with Crippen molar-refractivity contribution in [2.75, 3.05) is 11.9 Å². The van der Waals surface area contributed by atoms with Gasteiger partial charge in [0.2, 0.25) is 0 Å². The number of fused-ring (bicyclic) bond motifs is 3. The van der Waals surface area contributed by atoms with Crippen molar-refractivity contribution in [1.82, 2.24) is 29.4 Å². The Kier molecular flexibility index (Phi) is 5.37. The molecule has 0 radical (unpaired) electrons. The second kappa shape index (κ2) is 8.23. The lowest BCUT2D eigenvalue weighted by molar-refractivity contribution is -0.103. The Morgan fingerprint density at radius 3 is 2.79 bits per heavy atom. The van der Waals surface area contributed by atoms with Crippen molar-refractivity contribution >= 4 is 28.6 Å². The molecule has 0 bridgehead atoms. The number of aromatic nitrogens is 5. The number of amides is 1. The van der Waals surface area contributed by atoms with Gasteiger partial charge in [0.15, 0.2) is 23.3 Å². The van der Waals surface area contributed by atoms with Crippen LogP contribution in [0.25, 0.3) is 11.2 Å². The number of carbonyl (C=O) groups is 1. The molecule has 11 nitrogen and oxygen atoms in total. The maximum atomic E-state index is 13.6. The summed E-state index contributed by atoms with van der Waals surface area (Å²) in [4.78, 5) is 39.3. The van der Waals surface area contributed by atoms with Gasteiger partial charge >= 0.3 is 0 Å². The van der Waals surface area contributed by atoms with Crippen LogP contribution in [0.3, 0.4) is 0 Å². The second-order valence-corrected chi connectivity index (χ2v) is 8.60. The van der Waals surface area contributed by atoms with E-state index in [0.717, 1.165) is 32.1 Å². The molecular formula is C22H27N7O4. The number of rotatable bonds is 6. The molecule has 5 rings (SSSR count). The molecule has 1 saturated carbocycles. The summed E-state index contributed by atoms with van der Waals surface area (Å²) in [6.07, 6.45) is 6.42. The van der Waals surface area contributed by atoms with Crippen LogP contribution in [0.1, 0.15) is 55.1 Å². The highest BCUT2D eigenvalue weighted by Gasteiger charge is 2.45. The number of aliphatic hydroxyl groups excluding tert-OH is 1. The first kappa shape index (κ1) is 21.5. The van der Waals surface area contributed by atoms with Crippen molar-refractivity contribution in [1.29, 1.82) is 0 Å². The van der Waals surface area contributed by atoms with Crippen molar-refractivity contribution in [3.63, 3.8) is 0 Å². The zero-order chi connectivity index (χ0) is 23.2. The quantitative estimate of drug-likeness (QED) is 0.480. The highest BCUT2D eigenvalue weighted by Crippen LogP contribution is 2.37. The minimum absolute atomic E-state index is 0.164. The lowest BCUT2D eigenvalue weighted by atomic mass is 9.89. The second-order valence-electron chi connectivity index (χ2n) is 8.60. The third-order valence-corrected chi connectivity index (χ3v) is 6.43. The molecule has 33 heavy (non-hydrogen) atoms. The van der Waals surface area contributed by atoms with Gasteiger partial charge in [0.25, 0.3) is 11.5 Å². The van der Waals surface area contributed by atoms with E-state index in [9.17, 15) is 14.7 Å². The van der Waals surface area contributed by atoms with E-state index in [1.54, 1.807) is 28.5 Å². The number of nitrogens with one attached hydrogen (secondary N) is 2. The van der Waals surface area contributed by atoms with Crippen LogP contribution in [0.5, 0.6) is 0 Å². The van der Waals surface area contributed by atoms with Gasteiger partial charge in [-0.25, -0.2) is 15.0 Å². The van der Waals surface area contributed by atoms with Gasteiger partial charge in [-0.3, -0.25) is 14.2 Å². The van der Waals surface area contributed by atoms with E-state index < -0.39 is 12.0 Å². The fourth-order valence-corrected chi connectivity index (χ4v) is 4.98. The maximum Gasteiger partial charge on any atom is 0.276 e. The summed E-state index contributed by atoms with van der Waals surface area (Å²) in [5.74, 6) is 0.172. The van der Waals surface area contributed by atoms with Gasteiger partial charge in [0.05, 0.1) is 12.9 Å². The predicted molar refractivity (Wildman–Crippen MR) is 120 cm³/mol. The number of aliphatic hydroxyl groups is 1. The normalized spacial score (nSPS) is 17.8. The zero-order valence-electron chi connectivity index (χ0n) is 18.7. The van der Waals surface area contributed by atoms with Gasteiger partial charge in [-0.2, -0.15) is 0 Å². The third-order valence-electron chi connectivity index (χ3n) is 6.43. The fraction of sp³-hybridized carbons (Fsp3) is 0.500. The molecule has 0 saturated heterocycles. The van der Waals surface area contributed by atoms with E-state index in [1.807, 2.05) is 6.92 Å². The number of aryl methyl sites for hydroxylation is 1. The third kappa shape index (κ3) is 3.57. The Morgan fingerprint density at radius 2 is 2.03 bits per heavy atom. The Labute approximate surface area is 189 Å². The lowest BCUT2D eigenvalue weighted by Crippen LogP contribution is -2.48. The minimum atomic E-state index is -0.987. The van der Waals surface area contributed by atoms with Crippen LogP contribution in [-0.2, 0) is 16.9 Å². The van der Waals surface area contributed by atoms with E-state index in [1.165, 1.54) is 6.33 Å². The number of anilines is 2. The highest BCUT2D eigenvalue weighted by molar-refractivity contribution is 5.97. The predicted octanol–water partition coefficient (Wildman–Crippen LogP) is 1.76. The summed E-state index contributed by atoms with van der Waals surface area (Å²) in [5, 5.41) is 16.2. The molecule has 174 valence electrons. The van der Waals surface area contributed by atoms with Gasteiger partial charge in [0, 0.05) is 6.61 Å². The SMILES string of the molecule is CCOC(O)Cn1cnc2c(Nc3cc(C)c4n(c3=O)C3(CCCCC3)NC4=O)ncnc21. The molecule has 3 aromatic rings. The molecule has 3 aromatic heterocycles. The van der Waals surface area contributed by atoms with E-state index in [-0.39, 0.29) is 18.0 Å². The Hall–Kier alpha value is -3.31. The van der Waals surface area contributed by atoms with Crippen molar-refractivity contribution in [3.05, 3.63) is 40.3 Å². The highest BCUT2D eigenvalue weighted by atomic mass is 16.6. The molecule has 4 heterocycles. The van der Waals surface area contributed by atoms with E-state index in [2.05, 4.69) is 25.6 Å². The molecule has 1 aliphatic heterocycles. The summed E-state index contributed by atoms with van der Waals surface area (Å²) in [7, 11) is 0. The zero-order valence-corrected chi connectivity index (χ0v) is 18.7. The van der Waals surface area contributed by atoms with Gasteiger partial charge < -0.3 is 25.0 Å². The Balaban J connectivity index is 1.54. The number of carbonyl (C=O) groups excluding carboxylic acids is 1. The number of ether oxygens (including phenoxy) is 1. The lowest BCUT2D eigenvalue weighted by Gasteiger charge is -2.35. The molecule has 1 aliphatic carbocycles. The van der Waals surface area contributed by atoms with Crippen LogP contribution < -0.4 is 16.2 Å². The minimum Gasteiger partial charge on any atom is -0.366 e. The summed E-state index contributed by atoms with van der Waals surface area (Å²) in [5.41, 5.74) is 1.50. The molecule has 2 aliphatic rings. The van der Waals surface area contributed by atoms with Gasteiger partial charge in [-0.15, -0.1) is 0 Å². The van der Waals surface area contributed by atoms with E-state index in [4.69, 9.17) is 4.74 Å². The molecule has 1 unspecified atom stereocenters. The largest absolute Gasteiger partial charge is 0.366 e. The molecule has 1 atom stereocenters. The average molecular weight is 454 g/mol. The summed E-state index contributed by atoms with van der Waals surface area (Å²) in [6, 6.07) is 1.68. The van der Waals surface area contributed by atoms with Crippen molar-refractivity contribution in [3.8, 4) is 0 Å². The summed E-state index contributed by atoms with van der Waals surface area (Å²) >= 11 is 0. The van der Waals surface area contributed by atoms with Gasteiger partial charge in [0.1, 0.15) is 23.4 Å². The fourth-order valence-electron chi connectivity index (χ4n) is 4.98. The number of pyridine rings is 1. The van der Waals surface area contributed by atoms with Crippen molar-refractivity contribution in [2.24, 2.45) is 0 Å². The molecule has 1 amide bonds. The van der Waals surface area contributed by atoms with E-state index >= 15 is 0 Å². The summed E-state index contributed by atoms with van der Waals surface area (Å²) in [6.45, 7) is 4.18. The average Bonchev–Trinajstić information content (AvgIpc) is 3.32. The molecule has 0 aromatic carbocycles. The first-order chi connectivity index (χ1) is 15.9. The topological polar surface area (TPSA) is 136 Å². The van der Waals surface area contributed by atoms with Gasteiger partial charge in [-0.1, -0.05) is 6.42 Å². The van der Waals surface area contributed by atoms with Crippen molar-refractivity contribution in [2.45, 2.75) is 64.4 Å². The Bertz CT molecular complexity index is 1280. The monoisotopic (exact) mass is 453 g/mol. The molecular weight excluding hydrogens is 426 g/mol. The summed E-state index contributed by atoms with van der Waals surface area (Å²) < 4.78 is 8.51. The number of imidazole rings is 1. The van der Waals surface area contributed by atoms with Crippen LogP contribution in [-0.4, -0.2) is 48.0 Å².